The number of likely N-dealkylation sites (tertiary alicyclic amines) is 1. The van der Waals surface area contributed by atoms with Crippen molar-refractivity contribution in [3.05, 3.63) is 41.0 Å². The van der Waals surface area contributed by atoms with E-state index in [9.17, 15) is 19.5 Å². The van der Waals surface area contributed by atoms with Crippen LogP contribution in [0.25, 0.3) is 10.4 Å². The molecule has 0 saturated carbocycles. The molecular weight excluding hydrogens is 582 g/mol. The molecule has 2 fully saturated rings. The lowest BCUT2D eigenvalue weighted by Gasteiger charge is -2.35. The van der Waals surface area contributed by atoms with Crippen LogP contribution in [0.15, 0.2) is 29.8 Å². The van der Waals surface area contributed by atoms with E-state index in [0.717, 1.165) is 47.6 Å². The van der Waals surface area contributed by atoms with Gasteiger partial charge in [0.05, 0.1) is 47.5 Å². The number of carbonyl (C=O) groups excluding carboxylic acids is 3. The van der Waals surface area contributed by atoms with E-state index in [2.05, 4.69) is 20.9 Å². The largest absolute Gasteiger partial charge is 0.391 e. The Bertz CT molecular complexity index is 1260. The molecule has 2 unspecified atom stereocenters. The summed E-state index contributed by atoms with van der Waals surface area (Å²) in [5.41, 5.74) is 4.13. The molecule has 1 aromatic carbocycles. The molecule has 44 heavy (non-hydrogen) atoms. The first-order valence-corrected chi connectivity index (χ1v) is 16.3. The van der Waals surface area contributed by atoms with Gasteiger partial charge in [-0.05, 0) is 56.3 Å². The maximum Gasteiger partial charge on any atom is 0.246 e. The van der Waals surface area contributed by atoms with Gasteiger partial charge in [-0.15, -0.1) is 11.3 Å². The van der Waals surface area contributed by atoms with Crippen molar-refractivity contribution in [2.24, 2.45) is 5.41 Å². The Morgan fingerprint density at radius 3 is 2.48 bits per heavy atom. The van der Waals surface area contributed by atoms with E-state index in [4.69, 9.17) is 9.47 Å². The number of rotatable bonds is 12. The van der Waals surface area contributed by atoms with Gasteiger partial charge in [-0.25, -0.2) is 4.98 Å². The summed E-state index contributed by atoms with van der Waals surface area (Å²) in [6, 6.07) is 5.87. The first kappa shape index (κ1) is 34.0. The third-order valence-electron chi connectivity index (χ3n) is 8.16. The molecule has 2 aromatic rings. The maximum absolute atomic E-state index is 13.8. The number of aryl methyl sites for hydroxylation is 1. The summed E-state index contributed by atoms with van der Waals surface area (Å²) in [6.45, 7) is 11.8. The first-order chi connectivity index (χ1) is 20.9. The lowest BCUT2D eigenvalue weighted by Crippen LogP contribution is -2.58. The molecule has 0 spiro atoms. The van der Waals surface area contributed by atoms with Crippen molar-refractivity contribution in [1.29, 1.82) is 0 Å². The van der Waals surface area contributed by atoms with Gasteiger partial charge in [0.15, 0.2) is 0 Å². The summed E-state index contributed by atoms with van der Waals surface area (Å²) >= 11 is 1.58. The Balaban J connectivity index is 1.32. The van der Waals surface area contributed by atoms with E-state index >= 15 is 0 Å². The monoisotopic (exact) mass is 629 g/mol. The fraction of sp³-hybridized carbons (Fsp3) is 0.625. The van der Waals surface area contributed by atoms with Crippen LogP contribution in [0.1, 0.15) is 64.3 Å². The van der Waals surface area contributed by atoms with Crippen LogP contribution in [-0.4, -0.2) is 96.5 Å². The molecule has 3 heterocycles. The zero-order valence-corrected chi connectivity index (χ0v) is 27.2. The van der Waals surface area contributed by atoms with E-state index in [-0.39, 0.29) is 44.2 Å². The van der Waals surface area contributed by atoms with E-state index in [0.29, 0.717) is 6.61 Å². The summed E-state index contributed by atoms with van der Waals surface area (Å²) in [5.74, 6) is -1.18. The van der Waals surface area contributed by atoms with Gasteiger partial charge in [-0.3, -0.25) is 14.4 Å². The minimum atomic E-state index is -0.912. The third-order valence-corrected chi connectivity index (χ3v) is 9.14. The lowest BCUT2D eigenvalue weighted by molar-refractivity contribution is -0.144. The quantitative estimate of drug-likeness (QED) is 0.263. The van der Waals surface area contributed by atoms with Crippen LogP contribution < -0.4 is 16.0 Å². The summed E-state index contributed by atoms with van der Waals surface area (Å²) in [4.78, 5) is 46.9. The number of aliphatic hydroxyl groups is 1. The Morgan fingerprint density at radius 1 is 1.14 bits per heavy atom. The van der Waals surface area contributed by atoms with Crippen LogP contribution in [0.4, 0.5) is 0 Å². The number of aromatic nitrogens is 1. The smallest absolute Gasteiger partial charge is 0.246 e. The van der Waals surface area contributed by atoms with Crippen molar-refractivity contribution in [1.82, 2.24) is 25.8 Å². The van der Waals surface area contributed by atoms with Crippen molar-refractivity contribution in [2.45, 2.75) is 84.2 Å². The van der Waals surface area contributed by atoms with Crippen molar-refractivity contribution in [3.8, 4) is 10.4 Å². The Hall–Kier alpha value is -2.90. The second kappa shape index (κ2) is 15.4. The van der Waals surface area contributed by atoms with Gasteiger partial charge in [-0.2, -0.15) is 0 Å². The number of thiazole rings is 1. The number of β-amino-alcohol motifs (C(OH)–C–C–N with tert-alkyl or cyclic N) is 1. The van der Waals surface area contributed by atoms with E-state index in [1.54, 1.807) is 11.3 Å². The molecule has 2 aliphatic rings. The number of hydrogen-bond donors (Lipinski definition) is 4. The van der Waals surface area contributed by atoms with Gasteiger partial charge in [0.2, 0.25) is 17.7 Å². The lowest BCUT2D eigenvalue weighted by atomic mass is 9.85. The average Bonchev–Trinajstić information content (AvgIpc) is 3.60. The molecule has 2 saturated heterocycles. The van der Waals surface area contributed by atoms with Crippen LogP contribution in [-0.2, 0) is 23.9 Å². The van der Waals surface area contributed by atoms with Gasteiger partial charge in [0, 0.05) is 13.0 Å². The predicted molar refractivity (Wildman–Crippen MR) is 169 cm³/mol. The van der Waals surface area contributed by atoms with Gasteiger partial charge >= 0.3 is 0 Å². The third kappa shape index (κ3) is 9.07. The molecule has 11 nitrogen and oxygen atoms in total. The Kier molecular flexibility index (Phi) is 11.9. The fourth-order valence-corrected chi connectivity index (χ4v) is 6.43. The standard InChI is InChI=1S/C32H47N5O6S/c1-20(22-6-8-23(9-7-22)28-21(2)34-19-44-28)35-30(40)26-16-24(38)17-37(26)31(41)29(32(3,4)5)36-27(39)18-42-14-15-43-25-10-12-33-13-11-25/h6-9,19-20,24-26,29,33,38H,10-18H2,1-5H3,(H,35,40)(H,36,39)/t20?,24-,26+,29?/m1/s1. The number of amides is 3. The molecule has 242 valence electrons. The number of carbonyl (C=O) groups is 3. The highest BCUT2D eigenvalue weighted by Gasteiger charge is 2.44. The average molecular weight is 630 g/mol. The van der Waals surface area contributed by atoms with Crippen LogP contribution >= 0.6 is 11.3 Å². The summed E-state index contributed by atoms with van der Waals surface area (Å²) in [7, 11) is 0. The molecule has 4 atom stereocenters. The van der Waals surface area contributed by atoms with E-state index in [1.807, 2.05) is 64.4 Å². The molecule has 0 bridgehead atoms. The Labute approximate surface area is 264 Å². The number of nitrogens with one attached hydrogen (secondary N) is 3. The van der Waals surface area contributed by atoms with Crippen molar-refractivity contribution in [3.63, 3.8) is 0 Å². The molecule has 4 rings (SSSR count). The topological polar surface area (TPSA) is 142 Å². The summed E-state index contributed by atoms with van der Waals surface area (Å²) in [6.07, 6.45) is 1.41. The van der Waals surface area contributed by atoms with Crippen LogP contribution in [0.5, 0.6) is 0 Å². The van der Waals surface area contributed by atoms with Crippen molar-refractivity contribution >= 4 is 29.1 Å². The maximum atomic E-state index is 13.8. The molecule has 0 radical (unpaired) electrons. The van der Waals surface area contributed by atoms with E-state index in [1.165, 1.54) is 4.90 Å². The zero-order chi connectivity index (χ0) is 31.9. The van der Waals surface area contributed by atoms with Crippen LogP contribution in [0, 0.1) is 12.3 Å². The summed E-state index contributed by atoms with van der Waals surface area (Å²) < 4.78 is 11.3. The number of aliphatic hydroxyl groups excluding tert-OH is 1. The second-order valence-electron chi connectivity index (χ2n) is 12.8. The van der Waals surface area contributed by atoms with Crippen molar-refractivity contribution in [2.75, 3.05) is 39.5 Å². The number of ether oxygens (including phenoxy) is 2. The molecule has 1 aromatic heterocycles. The first-order valence-electron chi connectivity index (χ1n) is 15.4. The van der Waals surface area contributed by atoms with Gasteiger partial charge in [0.1, 0.15) is 18.7 Å². The minimum absolute atomic E-state index is 0.0151. The second-order valence-corrected chi connectivity index (χ2v) is 13.6. The normalized spacial score (nSPS) is 20.7. The zero-order valence-electron chi connectivity index (χ0n) is 26.4. The van der Waals surface area contributed by atoms with Crippen LogP contribution in [0.3, 0.4) is 0 Å². The number of nitrogens with zero attached hydrogens (tertiary/aromatic N) is 2. The van der Waals surface area contributed by atoms with Crippen LogP contribution in [0.2, 0.25) is 0 Å². The predicted octanol–water partition coefficient (Wildman–Crippen LogP) is 2.57. The number of piperidine rings is 1. The van der Waals surface area contributed by atoms with Gasteiger partial charge in [0.25, 0.3) is 0 Å². The fourth-order valence-electron chi connectivity index (χ4n) is 5.62. The van der Waals surface area contributed by atoms with Gasteiger partial charge < -0.3 is 35.4 Å². The molecule has 4 N–H and O–H groups in total. The van der Waals surface area contributed by atoms with E-state index < -0.39 is 35.4 Å². The number of benzene rings is 1. The molecule has 2 aliphatic heterocycles. The SMILES string of the molecule is Cc1ncsc1-c1ccc(C(C)NC(=O)[C@@H]2C[C@@H](O)CN2C(=O)C(NC(=O)COCCOC2CCNCC2)C(C)(C)C)cc1. The molecule has 0 aliphatic carbocycles. The highest BCUT2D eigenvalue weighted by Crippen LogP contribution is 2.29. The minimum Gasteiger partial charge on any atom is -0.391 e. The molecule has 12 heteroatoms. The van der Waals surface area contributed by atoms with Gasteiger partial charge in [-0.1, -0.05) is 45.0 Å². The summed E-state index contributed by atoms with van der Waals surface area (Å²) in [5, 5.41) is 19.6. The molecular formula is C32H47N5O6S. The number of hydrogen-bond acceptors (Lipinski definition) is 9. The highest BCUT2D eigenvalue weighted by atomic mass is 32.1. The molecule has 3 amide bonds. The highest BCUT2D eigenvalue weighted by molar-refractivity contribution is 7.13. The van der Waals surface area contributed by atoms with Crippen molar-refractivity contribution < 1.29 is 29.0 Å². The Morgan fingerprint density at radius 2 is 1.84 bits per heavy atom.